The number of benzene rings is 1. The lowest BCUT2D eigenvalue weighted by atomic mass is 10.1. The van der Waals surface area contributed by atoms with E-state index in [2.05, 4.69) is 43.7 Å². The number of nitrogen functional groups attached to an aromatic ring is 1. The Hall–Kier alpha value is -3.90. The van der Waals surface area contributed by atoms with E-state index in [1.807, 2.05) is 50.3 Å². The van der Waals surface area contributed by atoms with Gasteiger partial charge in [-0.1, -0.05) is 18.1 Å². The lowest BCUT2D eigenvalue weighted by Crippen LogP contribution is -2.36. The van der Waals surface area contributed by atoms with Crippen molar-refractivity contribution < 1.29 is 5.11 Å². The second-order valence-electron chi connectivity index (χ2n) is 9.08. The summed E-state index contributed by atoms with van der Waals surface area (Å²) in [6, 6.07) is 9.28. The number of para-hydroxylation sites is 1. The van der Waals surface area contributed by atoms with E-state index < -0.39 is 0 Å². The van der Waals surface area contributed by atoms with Crippen molar-refractivity contribution in [3.05, 3.63) is 47.9 Å². The minimum absolute atomic E-state index is 0.164. The van der Waals surface area contributed by atoms with Crippen molar-refractivity contribution in [3.8, 4) is 28.8 Å². The number of phenolic OH excluding ortho intramolecular Hbond substituents is 1. The minimum Gasteiger partial charge on any atom is -0.507 e. The molecule has 0 aliphatic carbocycles. The summed E-state index contributed by atoms with van der Waals surface area (Å²) in [7, 11) is 3.97. The number of hydrogen-bond acceptors (Lipinski definition) is 9. The zero-order valence-corrected chi connectivity index (χ0v) is 20.7. The van der Waals surface area contributed by atoms with Crippen molar-refractivity contribution in [2.24, 2.45) is 0 Å². The largest absolute Gasteiger partial charge is 0.507 e. The second kappa shape index (κ2) is 10.6. The number of nitrogens with zero attached hydrogens (tertiary/aromatic N) is 7. The minimum atomic E-state index is 0.164. The fraction of sp³-hybridized carbons (Fsp3) is 0.385. The molecule has 1 aliphatic rings. The monoisotopic (exact) mass is 472 g/mol. The van der Waals surface area contributed by atoms with E-state index in [0.717, 1.165) is 43.1 Å². The summed E-state index contributed by atoms with van der Waals surface area (Å²) in [4.78, 5) is 15.8. The zero-order chi connectivity index (χ0) is 24.9. The third-order valence-electron chi connectivity index (χ3n) is 6.09. The highest BCUT2D eigenvalue weighted by molar-refractivity contribution is 5.74. The molecule has 4 rings (SSSR count). The molecule has 9 heteroatoms. The highest BCUT2D eigenvalue weighted by Gasteiger charge is 2.25. The lowest BCUT2D eigenvalue weighted by molar-refractivity contribution is 0.464. The number of aryl methyl sites for hydroxylation is 1. The van der Waals surface area contributed by atoms with Crippen molar-refractivity contribution >= 4 is 17.3 Å². The summed E-state index contributed by atoms with van der Waals surface area (Å²) in [6.07, 6.45) is 2.76. The van der Waals surface area contributed by atoms with Crippen LogP contribution in [0.5, 0.6) is 5.75 Å². The maximum absolute atomic E-state index is 10.3. The van der Waals surface area contributed by atoms with Crippen molar-refractivity contribution in [1.82, 2.24) is 25.1 Å². The third-order valence-corrected chi connectivity index (χ3v) is 6.09. The molecule has 182 valence electrons. The number of nitrogens with two attached hydrogens (primary N) is 1. The SMILES string of the molecule is Cc1cnc(C#CCN(C)C)nc1N1CCN(c2cc(-c3ccccc3O)nnc2N)CC[C@@H]1C. The molecule has 0 amide bonds. The molecule has 3 aromatic rings. The Balaban J connectivity index is 1.58. The average molecular weight is 473 g/mol. The van der Waals surface area contributed by atoms with Gasteiger partial charge in [0.25, 0.3) is 0 Å². The van der Waals surface area contributed by atoms with Gasteiger partial charge in [0.1, 0.15) is 11.6 Å². The van der Waals surface area contributed by atoms with Crippen molar-refractivity contribution in [2.45, 2.75) is 26.3 Å². The molecule has 0 radical (unpaired) electrons. The summed E-state index contributed by atoms with van der Waals surface area (Å²) in [5.41, 5.74) is 9.32. The Morgan fingerprint density at radius 3 is 2.74 bits per heavy atom. The standard InChI is InChI=1S/C26H32N8O/c1-18-17-28-24(10-7-12-32(3)4)29-26(18)34-15-14-33(13-11-19(34)2)22-16-21(30-31-25(22)27)20-8-5-6-9-23(20)35/h5-6,8-9,16-17,19,35H,11-15H2,1-4H3,(H2,27,31)/t19-/m0/s1. The first-order chi connectivity index (χ1) is 16.8. The Bertz CT molecular complexity index is 1250. The molecule has 0 saturated carbocycles. The van der Waals surface area contributed by atoms with Crippen molar-refractivity contribution in [1.29, 1.82) is 0 Å². The Morgan fingerprint density at radius 2 is 1.97 bits per heavy atom. The van der Waals surface area contributed by atoms with E-state index in [4.69, 9.17) is 10.7 Å². The van der Waals surface area contributed by atoms with Gasteiger partial charge in [0.15, 0.2) is 5.82 Å². The lowest BCUT2D eigenvalue weighted by Gasteiger charge is -2.29. The number of phenols is 1. The van der Waals surface area contributed by atoms with E-state index in [1.165, 1.54) is 0 Å². The molecule has 9 nitrogen and oxygen atoms in total. The van der Waals surface area contributed by atoms with Crippen LogP contribution in [-0.4, -0.2) is 76.5 Å². The van der Waals surface area contributed by atoms with Crippen LogP contribution in [0.3, 0.4) is 0 Å². The fourth-order valence-electron chi connectivity index (χ4n) is 4.14. The number of hydrogen-bond donors (Lipinski definition) is 2. The molecule has 1 fully saturated rings. The summed E-state index contributed by atoms with van der Waals surface area (Å²) in [5, 5.41) is 18.7. The second-order valence-corrected chi connectivity index (χ2v) is 9.08. The Kier molecular flexibility index (Phi) is 7.32. The first kappa shape index (κ1) is 24.2. The number of anilines is 3. The molecule has 0 unspecified atom stereocenters. The van der Waals surface area contributed by atoms with Crippen LogP contribution < -0.4 is 15.5 Å². The van der Waals surface area contributed by atoms with Gasteiger partial charge >= 0.3 is 0 Å². The smallest absolute Gasteiger partial charge is 0.206 e. The van der Waals surface area contributed by atoms with E-state index in [9.17, 15) is 5.11 Å². The quantitative estimate of drug-likeness (QED) is 0.554. The molecule has 0 bridgehead atoms. The summed E-state index contributed by atoms with van der Waals surface area (Å²) in [6.45, 7) is 7.22. The molecular formula is C26H32N8O. The zero-order valence-electron chi connectivity index (χ0n) is 20.7. The van der Waals surface area contributed by atoms with Gasteiger partial charge in [0, 0.05) is 43.0 Å². The molecule has 1 aromatic carbocycles. The Labute approximate surface area is 206 Å². The topological polar surface area (TPSA) is 108 Å². The molecule has 3 N–H and O–H groups in total. The molecule has 35 heavy (non-hydrogen) atoms. The molecule has 2 aromatic heterocycles. The number of aromatic hydroxyl groups is 1. The van der Waals surface area contributed by atoms with Gasteiger partial charge in [0.05, 0.1) is 17.9 Å². The van der Waals surface area contributed by atoms with Crippen molar-refractivity contribution in [2.75, 3.05) is 55.8 Å². The van der Waals surface area contributed by atoms with Crippen LogP contribution in [0.15, 0.2) is 36.5 Å². The van der Waals surface area contributed by atoms with E-state index in [1.54, 1.807) is 12.1 Å². The first-order valence-corrected chi connectivity index (χ1v) is 11.7. The average Bonchev–Trinajstić information content (AvgIpc) is 3.02. The fourth-order valence-corrected chi connectivity index (χ4v) is 4.14. The van der Waals surface area contributed by atoms with E-state index >= 15 is 0 Å². The maximum atomic E-state index is 10.3. The third kappa shape index (κ3) is 5.61. The summed E-state index contributed by atoms with van der Waals surface area (Å²) in [5.74, 6) is 8.18. The highest BCUT2D eigenvalue weighted by Crippen LogP contribution is 2.32. The predicted molar refractivity (Wildman–Crippen MR) is 139 cm³/mol. The van der Waals surface area contributed by atoms with Crippen LogP contribution in [0.25, 0.3) is 11.3 Å². The number of rotatable bonds is 4. The van der Waals surface area contributed by atoms with Crippen LogP contribution in [0.4, 0.5) is 17.3 Å². The van der Waals surface area contributed by atoms with Gasteiger partial charge < -0.3 is 20.6 Å². The number of aromatic nitrogens is 4. The van der Waals surface area contributed by atoms with E-state index in [0.29, 0.717) is 29.4 Å². The molecular weight excluding hydrogens is 440 g/mol. The van der Waals surface area contributed by atoms with Crippen LogP contribution in [0, 0.1) is 18.8 Å². The highest BCUT2D eigenvalue weighted by atomic mass is 16.3. The summed E-state index contributed by atoms with van der Waals surface area (Å²) < 4.78 is 0. The van der Waals surface area contributed by atoms with Gasteiger partial charge in [-0.05, 0) is 58.5 Å². The van der Waals surface area contributed by atoms with Crippen LogP contribution in [-0.2, 0) is 0 Å². The Morgan fingerprint density at radius 1 is 1.17 bits per heavy atom. The van der Waals surface area contributed by atoms with Gasteiger partial charge in [-0.15, -0.1) is 10.2 Å². The maximum Gasteiger partial charge on any atom is 0.206 e. The normalized spacial score (nSPS) is 16.1. The van der Waals surface area contributed by atoms with E-state index in [-0.39, 0.29) is 11.8 Å². The predicted octanol–water partition coefficient (Wildman–Crippen LogP) is 2.55. The molecule has 1 atom stereocenters. The molecule has 0 spiro atoms. The van der Waals surface area contributed by atoms with Crippen molar-refractivity contribution in [3.63, 3.8) is 0 Å². The van der Waals surface area contributed by atoms with Gasteiger partial charge in [-0.3, -0.25) is 4.90 Å². The van der Waals surface area contributed by atoms with Crippen LogP contribution in [0.1, 0.15) is 24.7 Å². The van der Waals surface area contributed by atoms with Gasteiger partial charge in [-0.2, -0.15) is 0 Å². The summed E-state index contributed by atoms with van der Waals surface area (Å²) >= 11 is 0. The van der Waals surface area contributed by atoms with Gasteiger partial charge in [-0.25, -0.2) is 9.97 Å². The molecule has 1 saturated heterocycles. The first-order valence-electron chi connectivity index (χ1n) is 11.7. The van der Waals surface area contributed by atoms with Crippen LogP contribution in [0.2, 0.25) is 0 Å². The molecule has 3 heterocycles. The van der Waals surface area contributed by atoms with Crippen LogP contribution >= 0.6 is 0 Å². The molecule has 1 aliphatic heterocycles. The van der Waals surface area contributed by atoms with Gasteiger partial charge in [0.2, 0.25) is 5.82 Å².